The molecule has 0 fully saturated rings. The van der Waals surface area contributed by atoms with Crippen LogP contribution in [0.5, 0.6) is 0 Å². The highest BCUT2D eigenvalue weighted by atomic mass is 35.5. The molecular weight excluding hydrogens is 157 g/mol. The van der Waals surface area contributed by atoms with Crippen LogP contribution in [0.15, 0.2) is 12.3 Å². The van der Waals surface area contributed by atoms with Crippen molar-refractivity contribution in [2.45, 2.75) is 6.92 Å². The molecule has 0 aromatic carbocycles. The topological polar surface area (TPSA) is 12.9 Å². The van der Waals surface area contributed by atoms with Crippen LogP contribution in [0, 0.1) is 6.92 Å². The summed E-state index contributed by atoms with van der Waals surface area (Å²) in [7, 11) is 0. The molecule has 1 heterocycles. The molecule has 1 aromatic rings. The van der Waals surface area contributed by atoms with E-state index in [2.05, 4.69) is 4.98 Å². The van der Waals surface area contributed by atoms with Crippen molar-refractivity contribution in [1.82, 2.24) is 4.98 Å². The van der Waals surface area contributed by atoms with Crippen LogP contribution >= 0.6 is 23.2 Å². The molecule has 0 atom stereocenters. The first-order valence-corrected chi connectivity index (χ1v) is 3.23. The van der Waals surface area contributed by atoms with Gasteiger partial charge in [0.25, 0.3) is 0 Å². The van der Waals surface area contributed by atoms with Gasteiger partial charge in [0, 0.05) is 6.20 Å². The van der Waals surface area contributed by atoms with Crippen LogP contribution in [0.1, 0.15) is 5.56 Å². The first-order valence-electron chi connectivity index (χ1n) is 2.48. The van der Waals surface area contributed by atoms with E-state index in [1.807, 2.05) is 6.92 Å². The van der Waals surface area contributed by atoms with Gasteiger partial charge in [-0.15, -0.1) is 0 Å². The SMILES string of the molecule is Cc1cnc(Cl)c(Cl)c1. The second kappa shape index (κ2) is 2.54. The van der Waals surface area contributed by atoms with E-state index in [0.29, 0.717) is 10.2 Å². The minimum Gasteiger partial charge on any atom is -0.243 e. The van der Waals surface area contributed by atoms with E-state index in [1.165, 1.54) is 0 Å². The van der Waals surface area contributed by atoms with E-state index >= 15 is 0 Å². The van der Waals surface area contributed by atoms with Crippen LogP contribution in [0.25, 0.3) is 0 Å². The lowest BCUT2D eigenvalue weighted by Crippen LogP contribution is -1.77. The van der Waals surface area contributed by atoms with E-state index in [-0.39, 0.29) is 0 Å². The summed E-state index contributed by atoms with van der Waals surface area (Å²) in [6, 6.07) is 1.77. The minimum absolute atomic E-state index is 0.363. The Kier molecular flexibility index (Phi) is 1.94. The Bertz CT molecular complexity index is 222. The Labute approximate surface area is 63.6 Å². The molecule has 0 aliphatic rings. The summed E-state index contributed by atoms with van der Waals surface area (Å²) in [4.78, 5) is 3.81. The third kappa shape index (κ3) is 1.57. The Balaban J connectivity index is 3.17. The lowest BCUT2D eigenvalue weighted by molar-refractivity contribution is 1.27. The van der Waals surface area contributed by atoms with Crippen molar-refractivity contribution in [2.24, 2.45) is 0 Å². The van der Waals surface area contributed by atoms with Gasteiger partial charge in [0.15, 0.2) is 0 Å². The van der Waals surface area contributed by atoms with Crippen LogP contribution in [-0.4, -0.2) is 4.98 Å². The Hall–Kier alpha value is -0.270. The fraction of sp³-hybridized carbons (Fsp3) is 0.167. The summed E-state index contributed by atoms with van der Waals surface area (Å²) in [5.74, 6) is 0. The van der Waals surface area contributed by atoms with Gasteiger partial charge in [0.2, 0.25) is 0 Å². The first-order chi connectivity index (χ1) is 4.20. The summed E-state index contributed by atoms with van der Waals surface area (Å²) in [6.07, 6.45) is 1.67. The average Bonchev–Trinajstić information content (AvgIpc) is 1.80. The maximum atomic E-state index is 5.62. The van der Waals surface area contributed by atoms with Crippen molar-refractivity contribution >= 4 is 23.2 Å². The fourth-order valence-electron chi connectivity index (χ4n) is 0.517. The summed E-state index contributed by atoms with van der Waals surface area (Å²) in [6.45, 7) is 1.91. The van der Waals surface area contributed by atoms with Gasteiger partial charge in [-0.2, -0.15) is 0 Å². The van der Waals surface area contributed by atoms with E-state index in [1.54, 1.807) is 12.3 Å². The van der Waals surface area contributed by atoms with Gasteiger partial charge in [-0.25, -0.2) is 4.98 Å². The molecule has 0 spiro atoms. The van der Waals surface area contributed by atoms with Gasteiger partial charge in [0.05, 0.1) is 5.02 Å². The summed E-state index contributed by atoms with van der Waals surface area (Å²) in [5.41, 5.74) is 1.02. The zero-order chi connectivity index (χ0) is 6.85. The number of halogens is 2. The zero-order valence-corrected chi connectivity index (χ0v) is 6.37. The molecule has 9 heavy (non-hydrogen) atoms. The van der Waals surface area contributed by atoms with Crippen molar-refractivity contribution in [2.75, 3.05) is 0 Å². The number of rotatable bonds is 0. The Morgan fingerprint density at radius 3 is 2.56 bits per heavy atom. The second-order valence-electron chi connectivity index (χ2n) is 1.79. The average molecular weight is 162 g/mol. The second-order valence-corrected chi connectivity index (χ2v) is 2.55. The summed E-state index contributed by atoms with van der Waals surface area (Å²) >= 11 is 11.2. The maximum Gasteiger partial charge on any atom is 0.147 e. The molecule has 0 bridgehead atoms. The van der Waals surface area contributed by atoms with Gasteiger partial charge in [-0.05, 0) is 18.6 Å². The van der Waals surface area contributed by atoms with Crippen LogP contribution in [0.2, 0.25) is 10.2 Å². The summed E-state index contributed by atoms with van der Waals surface area (Å²) < 4.78 is 0. The maximum absolute atomic E-state index is 5.62. The third-order valence-corrected chi connectivity index (χ3v) is 1.62. The predicted octanol–water partition coefficient (Wildman–Crippen LogP) is 2.70. The molecule has 0 unspecified atom stereocenters. The highest BCUT2D eigenvalue weighted by molar-refractivity contribution is 6.41. The fourth-order valence-corrected chi connectivity index (χ4v) is 0.841. The molecule has 0 amide bonds. The van der Waals surface area contributed by atoms with Crippen LogP contribution < -0.4 is 0 Å². The highest BCUT2D eigenvalue weighted by Crippen LogP contribution is 2.18. The van der Waals surface area contributed by atoms with Crippen molar-refractivity contribution in [1.29, 1.82) is 0 Å². The van der Waals surface area contributed by atoms with Gasteiger partial charge in [0.1, 0.15) is 5.15 Å². The summed E-state index contributed by atoms with van der Waals surface area (Å²) in [5, 5.41) is 0.874. The molecule has 48 valence electrons. The lowest BCUT2D eigenvalue weighted by atomic mass is 10.3. The number of pyridine rings is 1. The molecule has 0 aliphatic carbocycles. The van der Waals surface area contributed by atoms with E-state index in [9.17, 15) is 0 Å². The molecule has 1 aromatic heterocycles. The standard InChI is InChI=1S/C6H5Cl2N/c1-4-2-5(7)6(8)9-3-4/h2-3H,1H3. The van der Waals surface area contributed by atoms with Gasteiger partial charge in [-0.3, -0.25) is 0 Å². The van der Waals surface area contributed by atoms with Gasteiger partial charge >= 0.3 is 0 Å². The molecule has 0 N–H and O–H groups in total. The molecular formula is C6H5Cl2N. The van der Waals surface area contributed by atoms with E-state index in [0.717, 1.165) is 5.56 Å². The smallest absolute Gasteiger partial charge is 0.147 e. The van der Waals surface area contributed by atoms with Crippen molar-refractivity contribution in [3.8, 4) is 0 Å². The molecule has 0 aliphatic heterocycles. The van der Waals surface area contributed by atoms with Crippen LogP contribution in [-0.2, 0) is 0 Å². The normalized spacial score (nSPS) is 9.67. The van der Waals surface area contributed by atoms with Crippen LogP contribution in [0.3, 0.4) is 0 Å². The lowest BCUT2D eigenvalue weighted by Gasteiger charge is -1.93. The molecule has 1 rings (SSSR count). The van der Waals surface area contributed by atoms with Crippen LogP contribution in [0.4, 0.5) is 0 Å². The largest absolute Gasteiger partial charge is 0.243 e. The molecule has 0 radical (unpaired) electrons. The van der Waals surface area contributed by atoms with E-state index < -0.39 is 0 Å². The van der Waals surface area contributed by atoms with Crippen molar-refractivity contribution < 1.29 is 0 Å². The third-order valence-electron chi connectivity index (χ3n) is 0.933. The van der Waals surface area contributed by atoms with Gasteiger partial charge < -0.3 is 0 Å². The van der Waals surface area contributed by atoms with E-state index in [4.69, 9.17) is 23.2 Å². The molecule has 3 heteroatoms. The first kappa shape index (κ1) is 6.84. The van der Waals surface area contributed by atoms with Crippen molar-refractivity contribution in [3.05, 3.63) is 28.0 Å². The number of nitrogens with zero attached hydrogens (tertiary/aromatic N) is 1. The Morgan fingerprint density at radius 1 is 1.44 bits per heavy atom. The monoisotopic (exact) mass is 161 g/mol. The van der Waals surface area contributed by atoms with Gasteiger partial charge in [-0.1, -0.05) is 23.2 Å². The quantitative estimate of drug-likeness (QED) is 0.534. The predicted molar refractivity (Wildman–Crippen MR) is 39.0 cm³/mol. The number of aryl methyl sites for hydroxylation is 1. The molecule has 0 saturated carbocycles. The minimum atomic E-state index is 0.363. The number of hydrogen-bond acceptors (Lipinski definition) is 1. The molecule has 0 saturated heterocycles. The highest BCUT2D eigenvalue weighted by Gasteiger charge is 1.95. The number of hydrogen-bond donors (Lipinski definition) is 0. The Morgan fingerprint density at radius 2 is 2.11 bits per heavy atom. The van der Waals surface area contributed by atoms with Crippen molar-refractivity contribution in [3.63, 3.8) is 0 Å². The molecule has 1 nitrogen and oxygen atoms in total. The number of aromatic nitrogens is 1. The zero-order valence-electron chi connectivity index (χ0n) is 4.86.